The van der Waals surface area contributed by atoms with Crippen molar-refractivity contribution in [1.29, 1.82) is 0 Å². The molecule has 0 unspecified atom stereocenters. The zero-order chi connectivity index (χ0) is 9.97. The lowest BCUT2D eigenvalue weighted by Gasteiger charge is -2.05. The van der Waals surface area contributed by atoms with Gasteiger partial charge in [0.2, 0.25) is 5.88 Å². The van der Waals surface area contributed by atoms with Crippen LogP contribution in [0.25, 0.3) is 5.69 Å². The average molecular weight is 191 g/mol. The molecule has 0 aliphatic heterocycles. The molecule has 14 heavy (non-hydrogen) atoms. The van der Waals surface area contributed by atoms with Crippen LogP contribution in [0.15, 0.2) is 35.4 Å². The quantitative estimate of drug-likeness (QED) is 0.754. The molecule has 5 nitrogen and oxygen atoms in total. The molecule has 2 aromatic heterocycles. The van der Waals surface area contributed by atoms with Crippen molar-refractivity contribution in [3.05, 3.63) is 40.9 Å². The van der Waals surface area contributed by atoms with Crippen LogP contribution in [-0.4, -0.2) is 21.9 Å². The third-order valence-corrected chi connectivity index (χ3v) is 1.84. The highest BCUT2D eigenvalue weighted by Gasteiger charge is 2.06. The molecule has 0 atom stereocenters. The summed E-state index contributed by atoms with van der Waals surface area (Å²) in [6.45, 7) is 0. The van der Waals surface area contributed by atoms with E-state index in [0.29, 0.717) is 11.6 Å². The number of methoxy groups -OCH3 is 1. The van der Waals surface area contributed by atoms with Gasteiger partial charge in [-0.25, -0.2) is 9.67 Å². The van der Waals surface area contributed by atoms with Crippen LogP contribution in [0.4, 0.5) is 0 Å². The number of rotatable bonds is 2. The minimum Gasteiger partial charge on any atom is -0.479 e. The molecular weight excluding hydrogens is 182 g/mol. The summed E-state index contributed by atoms with van der Waals surface area (Å²) < 4.78 is 6.40. The van der Waals surface area contributed by atoms with Crippen molar-refractivity contribution in [2.45, 2.75) is 0 Å². The van der Waals surface area contributed by atoms with Crippen molar-refractivity contribution in [3.63, 3.8) is 0 Å². The summed E-state index contributed by atoms with van der Waals surface area (Å²) in [7, 11) is 1.51. The normalized spacial score (nSPS) is 10.1. The lowest BCUT2D eigenvalue weighted by atomic mass is 10.4. The molecule has 2 rings (SSSR count). The van der Waals surface area contributed by atoms with E-state index in [1.54, 1.807) is 24.5 Å². The van der Waals surface area contributed by atoms with E-state index in [9.17, 15) is 4.79 Å². The number of hydrogen-bond donors (Lipinski definition) is 1. The topological polar surface area (TPSA) is 59.9 Å². The monoisotopic (exact) mass is 191 g/mol. The highest BCUT2D eigenvalue weighted by molar-refractivity contribution is 5.40. The Morgan fingerprint density at radius 1 is 1.50 bits per heavy atom. The molecule has 2 heterocycles. The predicted molar refractivity (Wildman–Crippen MR) is 50.7 cm³/mol. The fourth-order valence-electron chi connectivity index (χ4n) is 1.22. The van der Waals surface area contributed by atoms with Crippen molar-refractivity contribution in [3.8, 4) is 11.6 Å². The van der Waals surface area contributed by atoms with E-state index in [1.165, 1.54) is 17.9 Å². The maximum absolute atomic E-state index is 11.3. The highest BCUT2D eigenvalue weighted by atomic mass is 16.5. The molecule has 0 aliphatic rings. The van der Waals surface area contributed by atoms with Crippen LogP contribution in [0, 0.1) is 0 Å². The minimum absolute atomic E-state index is 0.142. The molecule has 0 saturated carbocycles. The largest absolute Gasteiger partial charge is 0.479 e. The molecule has 0 fully saturated rings. The summed E-state index contributed by atoms with van der Waals surface area (Å²) in [6.07, 6.45) is 3.17. The van der Waals surface area contributed by atoms with Gasteiger partial charge in [0.05, 0.1) is 7.11 Å². The number of H-pyrrole nitrogens is 1. The third-order valence-electron chi connectivity index (χ3n) is 1.84. The van der Waals surface area contributed by atoms with Crippen LogP contribution in [0.1, 0.15) is 0 Å². The fraction of sp³-hybridized carbons (Fsp3) is 0.111. The first kappa shape index (κ1) is 8.55. The standard InChI is InChI=1S/C9H9N3O2/c1-14-9-7(3-2-5-10-9)12-8(13)4-6-11-12/h2-6,11H,1H3. The van der Waals surface area contributed by atoms with Gasteiger partial charge < -0.3 is 4.74 Å². The number of hydrogen-bond acceptors (Lipinski definition) is 3. The lowest BCUT2D eigenvalue weighted by molar-refractivity contribution is 0.394. The first-order chi connectivity index (χ1) is 6.83. The van der Waals surface area contributed by atoms with Crippen LogP contribution in [0.2, 0.25) is 0 Å². The summed E-state index contributed by atoms with van der Waals surface area (Å²) >= 11 is 0. The van der Waals surface area contributed by atoms with Crippen molar-refractivity contribution < 1.29 is 4.74 Å². The maximum Gasteiger partial charge on any atom is 0.271 e. The molecule has 0 saturated heterocycles. The average Bonchev–Trinajstić information content (AvgIpc) is 2.64. The van der Waals surface area contributed by atoms with E-state index >= 15 is 0 Å². The van der Waals surface area contributed by atoms with Gasteiger partial charge in [-0.15, -0.1) is 0 Å². The molecule has 0 radical (unpaired) electrons. The molecule has 0 aliphatic carbocycles. The van der Waals surface area contributed by atoms with Crippen LogP contribution in [0.5, 0.6) is 5.88 Å². The number of ether oxygens (including phenoxy) is 1. The smallest absolute Gasteiger partial charge is 0.271 e. The van der Waals surface area contributed by atoms with E-state index in [-0.39, 0.29) is 5.56 Å². The molecular formula is C9H9N3O2. The summed E-state index contributed by atoms with van der Waals surface area (Å²) in [4.78, 5) is 15.3. The second-order valence-corrected chi connectivity index (χ2v) is 2.67. The number of nitrogens with one attached hydrogen (secondary N) is 1. The molecule has 5 heteroatoms. The predicted octanol–water partition coefficient (Wildman–Crippen LogP) is 0.569. The molecule has 0 aromatic carbocycles. The second kappa shape index (κ2) is 3.37. The van der Waals surface area contributed by atoms with Gasteiger partial charge in [0.25, 0.3) is 5.56 Å². The summed E-state index contributed by atoms with van der Waals surface area (Å²) in [5, 5.41) is 2.78. The van der Waals surface area contributed by atoms with E-state index in [4.69, 9.17) is 4.74 Å². The van der Waals surface area contributed by atoms with Crippen LogP contribution >= 0.6 is 0 Å². The number of pyridine rings is 1. The zero-order valence-electron chi connectivity index (χ0n) is 7.60. The third kappa shape index (κ3) is 1.28. The van der Waals surface area contributed by atoms with Gasteiger partial charge >= 0.3 is 0 Å². The van der Waals surface area contributed by atoms with E-state index in [1.807, 2.05) is 0 Å². The van der Waals surface area contributed by atoms with Gasteiger partial charge in [0.1, 0.15) is 5.69 Å². The van der Waals surface area contributed by atoms with Gasteiger partial charge in [0.15, 0.2) is 0 Å². The van der Waals surface area contributed by atoms with Crippen molar-refractivity contribution in [2.24, 2.45) is 0 Å². The van der Waals surface area contributed by atoms with E-state index in [0.717, 1.165) is 0 Å². The first-order valence-electron chi connectivity index (χ1n) is 4.09. The Balaban J connectivity index is 2.62. The minimum atomic E-state index is -0.142. The van der Waals surface area contributed by atoms with Crippen molar-refractivity contribution in [1.82, 2.24) is 14.8 Å². The molecule has 0 amide bonds. The molecule has 0 spiro atoms. The Morgan fingerprint density at radius 2 is 2.36 bits per heavy atom. The number of aromatic nitrogens is 3. The molecule has 2 aromatic rings. The SMILES string of the molecule is COc1ncccc1-n1[nH]ccc1=O. The molecule has 72 valence electrons. The number of nitrogens with zero attached hydrogens (tertiary/aromatic N) is 2. The first-order valence-corrected chi connectivity index (χ1v) is 4.09. The Bertz CT molecular complexity index is 487. The Kier molecular flexibility index (Phi) is 2.06. The van der Waals surface area contributed by atoms with Gasteiger partial charge in [-0.2, -0.15) is 0 Å². The van der Waals surface area contributed by atoms with E-state index in [2.05, 4.69) is 10.1 Å². The van der Waals surface area contributed by atoms with Crippen LogP contribution < -0.4 is 10.3 Å². The van der Waals surface area contributed by atoms with E-state index < -0.39 is 0 Å². The zero-order valence-corrected chi connectivity index (χ0v) is 7.60. The van der Waals surface area contributed by atoms with Gasteiger partial charge in [-0.1, -0.05) is 0 Å². The summed E-state index contributed by atoms with van der Waals surface area (Å²) in [5.74, 6) is 0.414. The Morgan fingerprint density at radius 3 is 3.00 bits per heavy atom. The Hall–Kier alpha value is -2.04. The van der Waals surface area contributed by atoms with Crippen LogP contribution in [-0.2, 0) is 0 Å². The van der Waals surface area contributed by atoms with Crippen molar-refractivity contribution >= 4 is 0 Å². The summed E-state index contributed by atoms with van der Waals surface area (Å²) in [6, 6.07) is 4.93. The maximum atomic E-state index is 11.3. The highest BCUT2D eigenvalue weighted by Crippen LogP contribution is 2.15. The van der Waals surface area contributed by atoms with Gasteiger partial charge in [-0.3, -0.25) is 9.89 Å². The molecule has 1 N–H and O–H groups in total. The number of aromatic amines is 1. The van der Waals surface area contributed by atoms with Gasteiger partial charge in [-0.05, 0) is 12.1 Å². The fourth-order valence-corrected chi connectivity index (χ4v) is 1.22. The van der Waals surface area contributed by atoms with Gasteiger partial charge in [0, 0.05) is 18.5 Å². The van der Waals surface area contributed by atoms with Crippen molar-refractivity contribution in [2.75, 3.05) is 7.11 Å². The summed E-state index contributed by atoms with van der Waals surface area (Å²) in [5.41, 5.74) is 0.460. The van der Waals surface area contributed by atoms with Crippen LogP contribution in [0.3, 0.4) is 0 Å². The Labute approximate surface area is 80.0 Å². The lowest BCUT2D eigenvalue weighted by Crippen LogP contribution is -2.14. The second-order valence-electron chi connectivity index (χ2n) is 2.67. The molecule has 0 bridgehead atoms.